The van der Waals surface area contributed by atoms with Crippen molar-refractivity contribution < 1.29 is 24.3 Å². The Labute approximate surface area is 147 Å². The van der Waals surface area contributed by atoms with Gasteiger partial charge in [0.1, 0.15) is 18.1 Å². The summed E-state index contributed by atoms with van der Waals surface area (Å²) in [5, 5.41) is 27.7. The molecule has 9 nitrogen and oxygen atoms in total. The second-order valence-electron chi connectivity index (χ2n) is 5.37. The van der Waals surface area contributed by atoms with Gasteiger partial charge in [0.05, 0.1) is 12.2 Å². The van der Waals surface area contributed by atoms with E-state index in [9.17, 15) is 19.8 Å². The first-order chi connectivity index (χ1) is 12.6. The van der Waals surface area contributed by atoms with Crippen LogP contribution in [-0.2, 0) is 4.79 Å². The molecular weight excluding hydrogens is 340 g/mol. The summed E-state index contributed by atoms with van der Waals surface area (Å²) in [5.74, 6) is -1.46. The molecule has 0 radical (unpaired) electrons. The first-order valence-electron chi connectivity index (χ1n) is 7.68. The molecule has 26 heavy (non-hydrogen) atoms. The summed E-state index contributed by atoms with van der Waals surface area (Å²) in [5.41, 5.74) is 0.634. The van der Waals surface area contributed by atoms with Crippen LogP contribution in [0.2, 0.25) is 0 Å². The number of carbonyl (C=O) groups is 2. The number of carbonyl (C=O) groups excluding carboxylic acids is 2. The normalized spacial score (nSPS) is 11.7. The highest BCUT2D eigenvalue weighted by molar-refractivity contribution is 6.02. The van der Waals surface area contributed by atoms with E-state index in [1.54, 1.807) is 23.0 Å². The number of aromatic nitrogens is 2. The van der Waals surface area contributed by atoms with Gasteiger partial charge in [0, 0.05) is 24.1 Å². The Hall–Kier alpha value is -3.59. The van der Waals surface area contributed by atoms with Crippen LogP contribution in [0.15, 0.2) is 59.6 Å². The van der Waals surface area contributed by atoms with E-state index in [0.717, 1.165) is 0 Å². The summed E-state index contributed by atoms with van der Waals surface area (Å²) < 4.78 is 6.35. The maximum atomic E-state index is 12.5. The van der Waals surface area contributed by atoms with Gasteiger partial charge in [-0.2, -0.15) is 0 Å². The molecule has 4 N–H and O–H groups in total. The maximum Gasteiger partial charge on any atom is 0.255 e. The van der Waals surface area contributed by atoms with Crippen LogP contribution in [0.25, 0.3) is 5.69 Å². The van der Waals surface area contributed by atoms with Gasteiger partial charge in [-0.05, 0) is 30.3 Å². The third-order valence-electron chi connectivity index (χ3n) is 3.62. The van der Waals surface area contributed by atoms with E-state index < -0.39 is 24.5 Å². The molecule has 2 heterocycles. The largest absolute Gasteiger partial charge is 0.507 e. The molecule has 2 aromatic heterocycles. The Morgan fingerprint density at radius 1 is 1.23 bits per heavy atom. The number of aliphatic hydroxyl groups excluding tert-OH is 1. The molecule has 0 fully saturated rings. The van der Waals surface area contributed by atoms with Crippen molar-refractivity contribution in [2.75, 3.05) is 11.9 Å². The lowest BCUT2D eigenvalue weighted by Gasteiger charge is -2.16. The average molecular weight is 356 g/mol. The Balaban J connectivity index is 1.75. The molecule has 3 rings (SSSR count). The van der Waals surface area contributed by atoms with E-state index in [0.29, 0.717) is 5.69 Å². The van der Waals surface area contributed by atoms with Crippen molar-refractivity contribution in [3.63, 3.8) is 0 Å². The maximum absolute atomic E-state index is 12.5. The van der Waals surface area contributed by atoms with Crippen LogP contribution in [0, 0.1) is 0 Å². The third-order valence-corrected chi connectivity index (χ3v) is 3.62. The van der Waals surface area contributed by atoms with E-state index in [4.69, 9.17) is 0 Å². The third kappa shape index (κ3) is 3.73. The van der Waals surface area contributed by atoms with Crippen LogP contribution in [0.4, 0.5) is 5.82 Å². The lowest BCUT2D eigenvalue weighted by atomic mass is 10.1. The van der Waals surface area contributed by atoms with E-state index in [2.05, 4.69) is 20.3 Å². The predicted octanol–water partition coefficient (Wildman–Crippen LogP) is 0.900. The van der Waals surface area contributed by atoms with Crippen molar-refractivity contribution in [2.24, 2.45) is 0 Å². The number of nitrogens with one attached hydrogen (secondary N) is 2. The van der Waals surface area contributed by atoms with Gasteiger partial charge in [-0.1, -0.05) is 5.16 Å². The second kappa shape index (κ2) is 7.53. The molecule has 0 aliphatic heterocycles. The minimum atomic E-state index is -1.23. The number of nitrogens with zero attached hydrogens (tertiary/aromatic N) is 2. The van der Waals surface area contributed by atoms with Crippen molar-refractivity contribution in [1.29, 1.82) is 0 Å². The topological polar surface area (TPSA) is 130 Å². The van der Waals surface area contributed by atoms with E-state index in [1.807, 2.05) is 12.1 Å². The molecule has 1 unspecified atom stereocenters. The summed E-state index contributed by atoms with van der Waals surface area (Å²) in [6.45, 7) is -0.631. The van der Waals surface area contributed by atoms with Crippen LogP contribution >= 0.6 is 0 Å². The van der Waals surface area contributed by atoms with Crippen LogP contribution in [0.5, 0.6) is 5.75 Å². The lowest BCUT2D eigenvalue weighted by Crippen LogP contribution is -2.46. The van der Waals surface area contributed by atoms with Gasteiger partial charge in [-0.25, -0.2) is 0 Å². The highest BCUT2D eigenvalue weighted by Crippen LogP contribution is 2.21. The number of aliphatic hydroxyl groups is 1. The summed E-state index contributed by atoms with van der Waals surface area (Å²) in [4.78, 5) is 24.6. The molecule has 1 atom stereocenters. The highest BCUT2D eigenvalue weighted by Gasteiger charge is 2.23. The van der Waals surface area contributed by atoms with Gasteiger partial charge in [-0.3, -0.25) is 9.59 Å². The molecule has 0 saturated carbocycles. The van der Waals surface area contributed by atoms with Crippen LogP contribution in [0.1, 0.15) is 10.4 Å². The van der Waals surface area contributed by atoms with E-state index in [-0.39, 0.29) is 17.1 Å². The molecule has 9 heteroatoms. The second-order valence-corrected chi connectivity index (χ2v) is 5.37. The number of aromatic hydroxyl groups is 1. The van der Waals surface area contributed by atoms with Gasteiger partial charge < -0.3 is 29.9 Å². The lowest BCUT2D eigenvalue weighted by molar-refractivity contribution is -0.118. The number of anilines is 1. The molecular formula is C17H16N4O5. The standard InChI is InChI=1S/C17H16N4O5/c22-10-13(17(25)19-15-5-8-26-20-15)18-16(24)12-9-11(3-4-14(12)23)21-6-1-2-7-21/h1-9,13,22-23H,10H2,(H,18,24)(H,19,20,25). The Morgan fingerprint density at radius 3 is 2.65 bits per heavy atom. The van der Waals surface area contributed by atoms with Gasteiger partial charge in [0.2, 0.25) is 0 Å². The highest BCUT2D eigenvalue weighted by atomic mass is 16.5. The SMILES string of the molecule is O=C(NC(CO)C(=O)Nc1ccon1)c1cc(-n2cccc2)ccc1O. The van der Waals surface area contributed by atoms with Crippen LogP contribution in [0.3, 0.4) is 0 Å². The molecule has 0 aliphatic carbocycles. The zero-order valence-corrected chi connectivity index (χ0v) is 13.5. The fourth-order valence-electron chi connectivity index (χ4n) is 2.29. The number of hydrogen-bond acceptors (Lipinski definition) is 6. The van der Waals surface area contributed by atoms with Crippen molar-refractivity contribution in [3.8, 4) is 11.4 Å². The van der Waals surface area contributed by atoms with Gasteiger partial charge in [0.25, 0.3) is 11.8 Å². The summed E-state index contributed by atoms with van der Waals surface area (Å²) in [6.07, 6.45) is 4.85. The molecule has 0 aliphatic rings. The first-order valence-corrected chi connectivity index (χ1v) is 7.68. The minimum Gasteiger partial charge on any atom is -0.507 e. The van der Waals surface area contributed by atoms with Crippen LogP contribution in [-0.4, -0.2) is 44.4 Å². The monoisotopic (exact) mass is 356 g/mol. The van der Waals surface area contributed by atoms with Crippen molar-refractivity contribution in [1.82, 2.24) is 15.0 Å². The Bertz CT molecular complexity index is 890. The average Bonchev–Trinajstić information content (AvgIpc) is 3.33. The number of rotatable bonds is 6. The predicted molar refractivity (Wildman–Crippen MR) is 90.9 cm³/mol. The van der Waals surface area contributed by atoms with E-state index >= 15 is 0 Å². The minimum absolute atomic E-state index is 0.0242. The summed E-state index contributed by atoms with van der Waals surface area (Å²) in [7, 11) is 0. The summed E-state index contributed by atoms with van der Waals surface area (Å²) >= 11 is 0. The molecule has 1 aromatic carbocycles. The van der Waals surface area contributed by atoms with E-state index in [1.165, 1.54) is 24.5 Å². The zero-order chi connectivity index (χ0) is 18.5. The van der Waals surface area contributed by atoms with Crippen molar-refractivity contribution in [3.05, 3.63) is 60.6 Å². The first kappa shape index (κ1) is 17.2. The number of phenols is 1. The fraction of sp³-hybridized carbons (Fsp3) is 0.118. The number of hydrogen-bond donors (Lipinski definition) is 4. The van der Waals surface area contributed by atoms with Crippen molar-refractivity contribution in [2.45, 2.75) is 6.04 Å². The number of phenolic OH excluding ortho intramolecular Hbond substituents is 1. The number of amides is 2. The molecule has 134 valence electrons. The fourth-order valence-corrected chi connectivity index (χ4v) is 2.29. The summed E-state index contributed by atoms with van der Waals surface area (Å²) in [6, 6.07) is 8.34. The Morgan fingerprint density at radius 2 is 2.00 bits per heavy atom. The van der Waals surface area contributed by atoms with Gasteiger partial charge >= 0.3 is 0 Å². The molecule has 0 spiro atoms. The number of benzene rings is 1. The molecule has 0 bridgehead atoms. The van der Waals surface area contributed by atoms with Gasteiger partial charge in [-0.15, -0.1) is 0 Å². The van der Waals surface area contributed by atoms with Crippen LogP contribution < -0.4 is 10.6 Å². The quantitative estimate of drug-likeness (QED) is 0.519. The molecule has 3 aromatic rings. The smallest absolute Gasteiger partial charge is 0.255 e. The molecule has 2 amide bonds. The zero-order valence-electron chi connectivity index (χ0n) is 13.5. The Kier molecular flexibility index (Phi) is 4.99. The molecule has 0 saturated heterocycles. The van der Waals surface area contributed by atoms with Crippen molar-refractivity contribution >= 4 is 17.6 Å². The van der Waals surface area contributed by atoms with Gasteiger partial charge in [0.15, 0.2) is 5.82 Å².